The number of carbonyl (C=O) groups is 1. The summed E-state index contributed by atoms with van der Waals surface area (Å²) in [7, 11) is 0. The highest BCUT2D eigenvalue weighted by Crippen LogP contribution is 2.28. The first kappa shape index (κ1) is 14.8. The van der Waals surface area contributed by atoms with E-state index in [-0.39, 0.29) is 5.91 Å². The van der Waals surface area contributed by atoms with Crippen molar-refractivity contribution in [3.8, 4) is 0 Å². The smallest absolute Gasteiger partial charge is 0.271 e. The van der Waals surface area contributed by atoms with Gasteiger partial charge in [0.25, 0.3) is 5.91 Å². The average Bonchev–Trinajstić information content (AvgIpc) is 2.47. The summed E-state index contributed by atoms with van der Waals surface area (Å²) >= 11 is 0. The SMILES string of the molecule is CCNC(=O)c1ccc(NCC2CCC(C)CC2)nn1. The van der Waals surface area contributed by atoms with E-state index in [1.165, 1.54) is 25.7 Å². The average molecular weight is 276 g/mol. The van der Waals surface area contributed by atoms with Crippen LogP contribution in [0.15, 0.2) is 12.1 Å². The third-order valence-electron chi connectivity index (χ3n) is 3.94. The van der Waals surface area contributed by atoms with E-state index < -0.39 is 0 Å². The van der Waals surface area contributed by atoms with Gasteiger partial charge in [0.1, 0.15) is 5.82 Å². The summed E-state index contributed by atoms with van der Waals surface area (Å²) in [5, 5.41) is 14.0. The lowest BCUT2D eigenvalue weighted by atomic mass is 9.83. The van der Waals surface area contributed by atoms with Crippen LogP contribution in [0.3, 0.4) is 0 Å². The lowest BCUT2D eigenvalue weighted by Crippen LogP contribution is -2.24. The van der Waals surface area contributed by atoms with E-state index in [1.807, 2.05) is 13.0 Å². The van der Waals surface area contributed by atoms with Crippen LogP contribution in [0, 0.1) is 11.8 Å². The molecule has 2 N–H and O–H groups in total. The number of nitrogens with one attached hydrogen (secondary N) is 2. The second-order valence-corrected chi connectivity index (χ2v) is 5.67. The summed E-state index contributed by atoms with van der Waals surface area (Å²) in [4.78, 5) is 11.6. The molecule has 0 bridgehead atoms. The molecule has 0 atom stereocenters. The van der Waals surface area contributed by atoms with E-state index in [0.717, 1.165) is 24.2 Å². The fourth-order valence-electron chi connectivity index (χ4n) is 2.58. The molecule has 0 aromatic carbocycles. The zero-order valence-electron chi connectivity index (χ0n) is 12.4. The summed E-state index contributed by atoms with van der Waals surface area (Å²) in [6, 6.07) is 3.53. The van der Waals surface area contributed by atoms with Crippen molar-refractivity contribution in [2.75, 3.05) is 18.4 Å². The lowest BCUT2D eigenvalue weighted by Gasteiger charge is -2.26. The molecule has 1 aliphatic rings. The summed E-state index contributed by atoms with van der Waals surface area (Å²) in [6.45, 7) is 5.75. The van der Waals surface area contributed by atoms with E-state index in [1.54, 1.807) is 6.07 Å². The lowest BCUT2D eigenvalue weighted by molar-refractivity contribution is 0.0950. The van der Waals surface area contributed by atoms with Crippen LogP contribution in [0.1, 0.15) is 50.0 Å². The Morgan fingerprint density at radius 2 is 2.00 bits per heavy atom. The Morgan fingerprint density at radius 1 is 1.25 bits per heavy atom. The van der Waals surface area contributed by atoms with Crippen LogP contribution in [-0.4, -0.2) is 29.2 Å². The van der Waals surface area contributed by atoms with Crippen LogP contribution >= 0.6 is 0 Å². The van der Waals surface area contributed by atoms with Gasteiger partial charge in [-0.25, -0.2) is 0 Å². The van der Waals surface area contributed by atoms with Gasteiger partial charge in [-0.3, -0.25) is 4.79 Å². The number of carbonyl (C=O) groups excluding carboxylic acids is 1. The molecule has 1 heterocycles. The van der Waals surface area contributed by atoms with Crippen LogP contribution in [0.2, 0.25) is 0 Å². The molecule has 5 heteroatoms. The Labute approximate surface area is 120 Å². The Balaban J connectivity index is 1.80. The van der Waals surface area contributed by atoms with E-state index in [4.69, 9.17) is 0 Å². The maximum absolute atomic E-state index is 11.6. The van der Waals surface area contributed by atoms with E-state index in [0.29, 0.717) is 12.2 Å². The zero-order valence-corrected chi connectivity index (χ0v) is 12.4. The highest BCUT2D eigenvalue weighted by molar-refractivity contribution is 5.92. The quantitative estimate of drug-likeness (QED) is 0.867. The van der Waals surface area contributed by atoms with Crippen LogP contribution in [0.5, 0.6) is 0 Å². The summed E-state index contributed by atoms with van der Waals surface area (Å²) in [5.41, 5.74) is 0.365. The molecule has 0 unspecified atom stereocenters. The zero-order chi connectivity index (χ0) is 14.4. The molecule has 110 valence electrons. The van der Waals surface area contributed by atoms with Crippen molar-refractivity contribution in [2.45, 2.75) is 39.5 Å². The van der Waals surface area contributed by atoms with Crippen LogP contribution in [0.4, 0.5) is 5.82 Å². The number of nitrogens with zero attached hydrogens (tertiary/aromatic N) is 2. The maximum atomic E-state index is 11.6. The molecular formula is C15H24N4O. The third-order valence-corrected chi connectivity index (χ3v) is 3.94. The molecule has 0 spiro atoms. The van der Waals surface area contributed by atoms with Gasteiger partial charge in [0.05, 0.1) is 0 Å². The molecule has 0 saturated heterocycles. The van der Waals surface area contributed by atoms with Crippen molar-refractivity contribution < 1.29 is 4.79 Å². The van der Waals surface area contributed by atoms with Crippen LogP contribution in [-0.2, 0) is 0 Å². The first-order valence-electron chi connectivity index (χ1n) is 7.54. The summed E-state index contributed by atoms with van der Waals surface area (Å²) in [6.07, 6.45) is 5.24. The Hall–Kier alpha value is -1.65. The van der Waals surface area contributed by atoms with Gasteiger partial charge in [0.2, 0.25) is 0 Å². The van der Waals surface area contributed by atoms with Crippen LogP contribution in [0.25, 0.3) is 0 Å². The van der Waals surface area contributed by atoms with Crippen LogP contribution < -0.4 is 10.6 Å². The summed E-state index contributed by atoms with van der Waals surface area (Å²) in [5.74, 6) is 2.18. The largest absolute Gasteiger partial charge is 0.368 e. The van der Waals surface area contributed by atoms with Gasteiger partial charge in [-0.15, -0.1) is 10.2 Å². The fraction of sp³-hybridized carbons (Fsp3) is 0.667. The minimum Gasteiger partial charge on any atom is -0.368 e. The molecule has 0 radical (unpaired) electrons. The minimum absolute atomic E-state index is 0.173. The number of rotatable bonds is 5. The molecule has 1 aliphatic carbocycles. The predicted octanol–water partition coefficient (Wildman–Crippen LogP) is 2.46. The number of anilines is 1. The van der Waals surface area contributed by atoms with Crippen molar-refractivity contribution in [3.63, 3.8) is 0 Å². The number of hydrogen-bond donors (Lipinski definition) is 2. The van der Waals surface area contributed by atoms with Gasteiger partial charge >= 0.3 is 0 Å². The monoisotopic (exact) mass is 276 g/mol. The van der Waals surface area contributed by atoms with Gasteiger partial charge in [-0.05, 0) is 43.7 Å². The molecule has 1 amide bonds. The van der Waals surface area contributed by atoms with E-state index >= 15 is 0 Å². The van der Waals surface area contributed by atoms with Crippen molar-refractivity contribution in [2.24, 2.45) is 11.8 Å². The molecule has 1 aromatic heterocycles. The summed E-state index contributed by atoms with van der Waals surface area (Å²) < 4.78 is 0. The van der Waals surface area contributed by atoms with E-state index in [9.17, 15) is 4.79 Å². The van der Waals surface area contributed by atoms with Gasteiger partial charge in [0.15, 0.2) is 5.69 Å². The second-order valence-electron chi connectivity index (χ2n) is 5.67. The Bertz CT molecular complexity index is 424. The molecular weight excluding hydrogens is 252 g/mol. The predicted molar refractivity (Wildman–Crippen MR) is 79.7 cm³/mol. The third kappa shape index (κ3) is 4.18. The maximum Gasteiger partial charge on any atom is 0.271 e. The number of aromatic nitrogens is 2. The molecule has 20 heavy (non-hydrogen) atoms. The highest BCUT2D eigenvalue weighted by atomic mass is 16.1. The van der Waals surface area contributed by atoms with Gasteiger partial charge in [-0.1, -0.05) is 19.8 Å². The van der Waals surface area contributed by atoms with Gasteiger partial charge < -0.3 is 10.6 Å². The van der Waals surface area contributed by atoms with E-state index in [2.05, 4.69) is 27.8 Å². The fourth-order valence-corrected chi connectivity index (χ4v) is 2.58. The first-order valence-corrected chi connectivity index (χ1v) is 7.54. The first-order chi connectivity index (χ1) is 9.69. The molecule has 0 aliphatic heterocycles. The molecule has 1 aromatic rings. The number of hydrogen-bond acceptors (Lipinski definition) is 4. The minimum atomic E-state index is -0.173. The molecule has 1 saturated carbocycles. The van der Waals surface area contributed by atoms with Crippen molar-refractivity contribution >= 4 is 11.7 Å². The van der Waals surface area contributed by atoms with Crippen molar-refractivity contribution in [1.29, 1.82) is 0 Å². The highest BCUT2D eigenvalue weighted by Gasteiger charge is 2.18. The standard InChI is InChI=1S/C15H24N4O/c1-3-16-15(20)13-8-9-14(19-18-13)17-10-12-6-4-11(2)5-7-12/h8-9,11-12H,3-7,10H2,1-2H3,(H,16,20)(H,17,19). The van der Waals surface area contributed by atoms with Gasteiger partial charge in [0, 0.05) is 13.1 Å². The normalized spacial score (nSPS) is 22.3. The number of amides is 1. The van der Waals surface area contributed by atoms with Crippen molar-refractivity contribution in [3.05, 3.63) is 17.8 Å². The molecule has 1 fully saturated rings. The molecule has 2 rings (SSSR count). The molecule has 5 nitrogen and oxygen atoms in total. The Kier molecular flexibility index (Phi) is 5.32. The van der Waals surface area contributed by atoms with Gasteiger partial charge in [-0.2, -0.15) is 0 Å². The van der Waals surface area contributed by atoms with Crippen molar-refractivity contribution in [1.82, 2.24) is 15.5 Å². The topological polar surface area (TPSA) is 66.9 Å². The Morgan fingerprint density at radius 3 is 2.60 bits per heavy atom. The second kappa shape index (κ2) is 7.22.